The quantitative estimate of drug-likeness (QED) is 0.453. The van der Waals surface area contributed by atoms with Gasteiger partial charge < -0.3 is 16.4 Å². The molecule has 0 unspecified atom stereocenters. The summed E-state index contributed by atoms with van der Waals surface area (Å²) >= 11 is 0. The zero-order valence-electron chi connectivity index (χ0n) is 15.1. The predicted molar refractivity (Wildman–Crippen MR) is 106 cm³/mol. The third-order valence-corrected chi connectivity index (χ3v) is 4.68. The van der Waals surface area contributed by atoms with Gasteiger partial charge >= 0.3 is 0 Å². The lowest BCUT2D eigenvalue weighted by atomic mass is 10.1. The third kappa shape index (κ3) is 4.71. The van der Waals surface area contributed by atoms with E-state index in [4.69, 9.17) is 22.3 Å². The molecule has 2 aromatic carbocycles. The highest BCUT2D eigenvalue weighted by Crippen LogP contribution is 2.14. The Morgan fingerprint density at radius 2 is 1.59 bits per heavy atom. The van der Waals surface area contributed by atoms with Crippen molar-refractivity contribution in [3.05, 3.63) is 70.8 Å². The predicted octanol–water partition coefficient (Wildman–Crippen LogP) is 1.10. The number of carbonyl (C=O) groups excluding carboxylic acids is 1. The van der Waals surface area contributed by atoms with E-state index in [0.29, 0.717) is 37.3 Å². The van der Waals surface area contributed by atoms with E-state index >= 15 is 0 Å². The number of rotatable bonds is 6. The third-order valence-electron chi connectivity index (χ3n) is 4.68. The first-order chi connectivity index (χ1) is 12.9. The lowest BCUT2D eigenvalue weighted by Crippen LogP contribution is -2.49. The maximum Gasteiger partial charge on any atom is 0.237 e. The highest BCUT2D eigenvalue weighted by molar-refractivity contribution is 5.95. The molecule has 0 aliphatic carbocycles. The molecule has 7 nitrogen and oxygen atoms in total. The summed E-state index contributed by atoms with van der Waals surface area (Å²) in [7, 11) is 0. The molecule has 1 saturated heterocycles. The molecule has 0 spiro atoms. The van der Waals surface area contributed by atoms with Crippen LogP contribution < -0.4 is 11.5 Å². The molecule has 0 aromatic heterocycles. The number of nitrogens with zero attached hydrogens (tertiary/aromatic N) is 2. The standard InChI is InChI=1S/C20H24N6O/c21-19(22)16-6-4-14(5-7-16)12-26-9-8-25(13-18(26)27)11-15-2-1-3-17(10-15)20(23)24/h1-7,10H,8-9,11-13H2,(H3,21,22)(H3,23,24). The number of amides is 1. The number of hydrogen-bond acceptors (Lipinski definition) is 4. The Morgan fingerprint density at radius 3 is 2.22 bits per heavy atom. The lowest BCUT2D eigenvalue weighted by Gasteiger charge is -2.34. The second-order valence-corrected chi connectivity index (χ2v) is 6.75. The van der Waals surface area contributed by atoms with Gasteiger partial charge in [-0.3, -0.25) is 20.5 Å². The molecule has 1 fully saturated rings. The Morgan fingerprint density at radius 1 is 0.889 bits per heavy atom. The van der Waals surface area contributed by atoms with Gasteiger partial charge in [-0.15, -0.1) is 0 Å². The molecule has 1 heterocycles. The molecule has 0 atom stereocenters. The normalized spacial score (nSPS) is 15.0. The van der Waals surface area contributed by atoms with Crippen LogP contribution in [0.4, 0.5) is 0 Å². The lowest BCUT2D eigenvalue weighted by molar-refractivity contribution is -0.136. The van der Waals surface area contributed by atoms with Crippen LogP contribution in [0.5, 0.6) is 0 Å². The van der Waals surface area contributed by atoms with Crippen molar-refractivity contribution in [2.24, 2.45) is 11.5 Å². The number of nitrogen functional groups attached to an aromatic ring is 2. The molecule has 0 saturated carbocycles. The highest BCUT2D eigenvalue weighted by atomic mass is 16.2. The molecular weight excluding hydrogens is 340 g/mol. The molecule has 3 rings (SSSR count). The number of carbonyl (C=O) groups is 1. The van der Waals surface area contributed by atoms with Crippen molar-refractivity contribution in [3.63, 3.8) is 0 Å². The van der Waals surface area contributed by atoms with Gasteiger partial charge in [0.15, 0.2) is 0 Å². The molecule has 6 N–H and O–H groups in total. The van der Waals surface area contributed by atoms with Crippen LogP contribution in [0.25, 0.3) is 0 Å². The fraction of sp³-hybridized carbons (Fsp3) is 0.250. The molecule has 0 radical (unpaired) electrons. The molecule has 1 aliphatic heterocycles. The van der Waals surface area contributed by atoms with Crippen LogP contribution in [0.15, 0.2) is 48.5 Å². The van der Waals surface area contributed by atoms with Crippen molar-refractivity contribution < 1.29 is 4.79 Å². The van der Waals surface area contributed by atoms with E-state index in [2.05, 4.69) is 4.90 Å². The SMILES string of the molecule is N=C(N)c1ccc(CN2CCN(Cc3cccc(C(=N)N)c3)CC2=O)cc1. The van der Waals surface area contributed by atoms with Crippen molar-refractivity contribution in [2.75, 3.05) is 19.6 Å². The van der Waals surface area contributed by atoms with E-state index in [1.54, 1.807) is 12.1 Å². The first-order valence-electron chi connectivity index (χ1n) is 8.79. The maximum absolute atomic E-state index is 12.5. The minimum atomic E-state index is 0.0417. The smallest absolute Gasteiger partial charge is 0.237 e. The molecule has 1 amide bonds. The molecule has 27 heavy (non-hydrogen) atoms. The Hall–Kier alpha value is -3.19. The van der Waals surface area contributed by atoms with Gasteiger partial charge in [0.25, 0.3) is 0 Å². The largest absolute Gasteiger partial charge is 0.384 e. The summed E-state index contributed by atoms with van der Waals surface area (Å²) in [5.41, 5.74) is 14.5. The summed E-state index contributed by atoms with van der Waals surface area (Å²) in [6.07, 6.45) is 0. The van der Waals surface area contributed by atoms with Crippen molar-refractivity contribution in [1.29, 1.82) is 10.8 Å². The van der Waals surface area contributed by atoms with Crippen LogP contribution in [0.3, 0.4) is 0 Å². The molecular formula is C20H24N6O. The summed E-state index contributed by atoms with van der Waals surface area (Å²) in [6.45, 7) is 3.05. The molecule has 1 aliphatic rings. The average Bonchev–Trinajstić information content (AvgIpc) is 2.64. The Bertz CT molecular complexity index is 861. The van der Waals surface area contributed by atoms with Crippen LogP contribution in [-0.2, 0) is 17.9 Å². The number of benzene rings is 2. The summed E-state index contributed by atoms with van der Waals surface area (Å²) in [5.74, 6) is 0.188. The Labute approximate surface area is 158 Å². The minimum Gasteiger partial charge on any atom is -0.384 e. The van der Waals surface area contributed by atoms with E-state index in [0.717, 1.165) is 17.7 Å². The topological polar surface area (TPSA) is 123 Å². The highest BCUT2D eigenvalue weighted by Gasteiger charge is 2.24. The van der Waals surface area contributed by atoms with Crippen molar-refractivity contribution in [3.8, 4) is 0 Å². The molecule has 7 heteroatoms. The minimum absolute atomic E-state index is 0.0417. The fourth-order valence-electron chi connectivity index (χ4n) is 3.16. The summed E-state index contributed by atoms with van der Waals surface area (Å²) in [5, 5.41) is 15.0. The summed E-state index contributed by atoms with van der Waals surface area (Å²) in [4.78, 5) is 16.5. The maximum atomic E-state index is 12.5. The number of piperazine rings is 1. The monoisotopic (exact) mass is 364 g/mol. The first kappa shape index (κ1) is 18.6. The van der Waals surface area contributed by atoms with E-state index in [1.165, 1.54) is 0 Å². The van der Waals surface area contributed by atoms with Crippen LogP contribution in [0.1, 0.15) is 22.3 Å². The van der Waals surface area contributed by atoms with Gasteiger partial charge in [0.1, 0.15) is 11.7 Å². The van der Waals surface area contributed by atoms with Gasteiger partial charge in [0.2, 0.25) is 5.91 Å². The van der Waals surface area contributed by atoms with Crippen molar-refractivity contribution in [2.45, 2.75) is 13.1 Å². The average molecular weight is 364 g/mol. The van der Waals surface area contributed by atoms with Crippen LogP contribution in [0.2, 0.25) is 0 Å². The zero-order valence-corrected chi connectivity index (χ0v) is 15.1. The van der Waals surface area contributed by atoms with Crippen LogP contribution in [-0.4, -0.2) is 47.0 Å². The number of amidine groups is 2. The molecule has 0 bridgehead atoms. The molecule has 140 valence electrons. The van der Waals surface area contributed by atoms with E-state index in [9.17, 15) is 4.79 Å². The van der Waals surface area contributed by atoms with Crippen molar-refractivity contribution >= 4 is 17.6 Å². The van der Waals surface area contributed by atoms with Gasteiger partial charge in [0, 0.05) is 37.3 Å². The fourth-order valence-corrected chi connectivity index (χ4v) is 3.16. The second kappa shape index (κ2) is 8.01. The van der Waals surface area contributed by atoms with Gasteiger partial charge in [-0.25, -0.2) is 0 Å². The number of hydrogen-bond donors (Lipinski definition) is 4. The zero-order chi connectivity index (χ0) is 19.4. The van der Waals surface area contributed by atoms with Gasteiger partial charge in [-0.2, -0.15) is 0 Å². The first-order valence-corrected chi connectivity index (χ1v) is 8.79. The summed E-state index contributed by atoms with van der Waals surface area (Å²) in [6, 6.07) is 15.0. The second-order valence-electron chi connectivity index (χ2n) is 6.75. The Balaban J connectivity index is 1.57. The van der Waals surface area contributed by atoms with Gasteiger partial charge in [-0.1, -0.05) is 42.5 Å². The van der Waals surface area contributed by atoms with Crippen molar-refractivity contribution in [1.82, 2.24) is 9.80 Å². The van der Waals surface area contributed by atoms with Gasteiger partial charge in [-0.05, 0) is 17.2 Å². The van der Waals surface area contributed by atoms with Crippen LogP contribution in [0, 0.1) is 10.8 Å². The molecule has 2 aromatic rings. The van der Waals surface area contributed by atoms with Crippen LogP contribution >= 0.6 is 0 Å². The number of nitrogens with one attached hydrogen (secondary N) is 2. The Kier molecular flexibility index (Phi) is 5.52. The van der Waals surface area contributed by atoms with Gasteiger partial charge in [0.05, 0.1) is 6.54 Å². The summed E-state index contributed by atoms with van der Waals surface area (Å²) < 4.78 is 0. The van der Waals surface area contributed by atoms with E-state index < -0.39 is 0 Å². The van der Waals surface area contributed by atoms with E-state index in [-0.39, 0.29) is 17.6 Å². The number of nitrogens with two attached hydrogens (primary N) is 2. The van der Waals surface area contributed by atoms with E-state index in [1.807, 2.05) is 41.3 Å².